The van der Waals surface area contributed by atoms with Gasteiger partial charge >= 0.3 is 6.18 Å². The van der Waals surface area contributed by atoms with Crippen LogP contribution in [0.25, 0.3) is 0 Å². The van der Waals surface area contributed by atoms with Crippen LogP contribution in [0.4, 0.5) is 24.5 Å². The Labute approximate surface area is 277 Å². The predicted molar refractivity (Wildman–Crippen MR) is 182 cm³/mol. The molecule has 0 radical (unpaired) electrons. The Morgan fingerprint density at radius 1 is 0.872 bits per heavy atom. The van der Waals surface area contributed by atoms with Crippen molar-refractivity contribution >= 4 is 22.9 Å². The molecule has 0 amide bonds. The summed E-state index contributed by atoms with van der Waals surface area (Å²) in [5.74, 6) is 1.89. The first kappa shape index (κ1) is 34.5. The molecule has 0 fully saturated rings. The number of fused-ring (bicyclic) bond motifs is 2. The average Bonchev–Trinajstić information content (AvgIpc) is 3.35. The molecule has 0 bridgehead atoms. The van der Waals surface area contributed by atoms with Crippen LogP contribution in [0.3, 0.4) is 0 Å². The van der Waals surface area contributed by atoms with Crippen molar-refractivity contribution in [3.8, 4) is 5.75 Å². The largest absolute Gasteiger partial charge is 0.496 e. The summed E-state index contributed by atoms with van der Waals surface area (Å²) >= 11 is 0. The minimum Gasteiger partial charge on any atom is -0.496 e. The number of benzene rings is 2. The van der Waals surface area contributed by atoms with Gasteiger partial charge in [-0.2, -0.15) is 17.7 Å². The van der Waals surface area contributed by atoms with Crippen molar-refractivity contribution in [3.63, 3.8) is 0 Å². The van der Waals surface area contributed by atoms with E-state index in [4.69, 9.17) is 9.47 Å². The molecule has 2 aliphatic heterocycles. The molecule has 2 aromatic carbocycles. The van der Waals surface area contributed by atoms with Gasteiger partial charge in [-0.25, -0.2) is 0 Å². The van der Waals surface area contributed by atoms with Crippen LogP contribution < -0.4 is 9.64 Å². The molecule has 0 unspecified atom stereocenters. The molecular formula is C39H48F3N2O3+. The molecule has 0 atom stereocenters. The molecule has 8 heteroatoms. The van der Waals surface area contributed by atoms with Crippen LogP contribution >= 0.6 is 0 Å². The van der Waals surface area contributed by atoms with Gasteiger partial charge in [-0.15, -0.1) is 0 Å². The maximum atomic E-state index is 14.3. The molecule has 2 heterocycles. The minimum atomic E-state index is -4.51. The third kappa shape index (κ3) is 5.82. The molecule has 252 valence electrons. The SMILES string of the molecule is COC1=C(/C=C2\N(CCC(C)C)c3cccc(OC)c3C2(C)C)C(=O)/C1=C/C1=[N+](CCC(C)C)c2cccc(C(F)(F)F)c2C1(C)C. The van der Waals surface area contributed by atoms with Crippen LogP contribution in [-0.4, -0.2) is 43.4 Å². The van der Waals surface area contributed by atoms with Crippen LogP contribution in [-0.2, 0) is 26.5 Å². The number of alkyl halides is 3. The van der Waals surface area contributed by atoms with Crippen molar-refractivity contribution in [2.75, 3.05) is 32.2 Å². The zero-order valence-corrected chi connectivity index (χ0v) is 29.4. The van der Waals surface area contributed by atoms with Gasteiger partial charge in [0.25, 0.3) is 0 Å². The summed E-state index contributed by atoms with van der Waals surface area (Å²) in [5, 5.41) is 0. The second-order valence-electron chi connectivity index (χ2n) is 14.7. The van der Waals surface area contributed by atoms with Crippen molar-refractivity contribution < 1.29 is 32.0 Å². The van der Waals surface area contributed by atoms with E-state index in [0.29, 0.717) is 46.7 Å². The number of ketones is 1. The highest BCUT2D eigenvalue weighted by molar-refractivity contribution is 6.24. The number of ether oxygens (including phenoxy) is 2. The van der Waals surface area contributed by atoms with E-state index in [1.54, 1.807) is 26.4 Å². The number of carbonyl (C=O) groups excluding carboxylic acids is 1. The van der Waals surface area contributed by atoms with Crippen LogP contribution in [0, 0.1) is 11.8 Å². The Morgan fingerprint density at radius 3 is 2.13 bits per heavy atom. The number of Topliss-reactive ketones (excluding diaryl/α,β-unsaturated/α-hetero) is 1. The number of hydrogen-bond acceptors (Lipinski definition) is 4. The molecule has 47 heavy (non-hydrogen) atoms. The number of carbonyl (C=O) groups is 1. The number of halogens is 3. The van der Waals surface area contributed by atoms with Crippen LogP contribution in [0.1, 0.15) is 84.9 Å². The van der Waals surface area contributed by atoms with E-state index in [0.717, 1.165) is 48.2 Å². The van der Waals surface area contributed by atoms with E-state index in [9.17, 15) is 18.0 Å². The zero-order valence-electron chi connectivity index (χ0n) is 29.4. The van der Waals surface area contributed by atoms with Gasteiger partial charge in [0.05, 0.1) is 41.9 Å². The number of rotatable bonds is 10. The molecule has 0 aromatic heterocycles. The second kappa shape index (κ2) is 12.3. The summed E-state index contributed by atoms with van der Waals surface area (Å²) in [6, 6.07) is 10.4. The summed E-state index contributed by atoms with van der Waals surface area (Å²) in [4.78, 5) is 16.3. The molecular weight excluding hydrogens is 601 g/mol. The van der Waals surface area contributed by atoms with Gasteiger partial charge in [0.2, 0.25) is 11.5 Å². The molecule has 2 aromatic rings. The second-order valence-corrected chi connectivity index (χ2v) is 14.7. The molecule has 0 saturated carbocycles. The number of nitrogens with zero attached hydrogens (tertiary/aromatic N) is 2. The number of allylic oxidation sites excluding steroid dienone is 5. The van der Waals surface area contributed by atoms with Crippen LogP contribution in [0.2, 0.25) is 0 Å². The smallest absolute Gasteiger partial charge is 0.416 e. The topological polar surface area (TPSA) is 41.8 Å². The van der Waals surface area contributed by atoms with Crippen molar-refractivity contribution in [2.24, 2.45) is 11.8 Å². The highest BCUT2D eigenvalue weighted by Crippen LogP contribution is 2.53. The van der Waals surface area contributed by atoms with Gasteiger partial charge in [0, 0.05) is 47.5 Å². The Balaban J connectivity index is 1.65. The molecule has 0 N–H and O–H groups in total. The summed E-state index contributed by atoms with van der Waals surface area (Å²) in [6.07, 6.45) is 0.933. The maximum Gasteiger partial charge on any atom is 0.416 e. The lowest BCUT2D eigenvalue weighted by Crippen LogP contribution is -2.33. The fraction of sp³-hybridized carbons (Fsp3) is 0.487. The number of hydrogen-bond donors (Lipinski definition) is 0. The van der Waals surface area contributed by atoms with Gasteiger partial charge in [-0.05, 0) is 56.4 Å². The molecule has 5 rings (SSSR count). The normalized spacial score (nSPS) is 20.1. The summed E-state index contributed by atoms with van der Waals surface area (Å²) in [5.41, 5.74) is 3.27. The van der Waals surface area contributed by atoms with Crippen LogP contribution in [0.15, 0.2) is 71.2 Å². The standard InChI is InChI=1S/C39H48F3N2O3/c1-23(2)17-19-43-28-14-11-13-27(39(40,41)42)33(28)37(5,6)31(43)21-25-35(45)26(36(25)47-10)22-32-38(7,8)34-29(15-12-16-30(34)46-9)44(32)20-18-24(3)4/h11-16,21-24H,17-20H2,1-10H3/q+1. The molecule has 5 nitrogen and oxygen atoms in total. The van der Waals surface area contributed by atoms with Gasteiger partial charge in [-0.3, -0.25) is 4.79 Å². The van der Waals surface area contributed by atoms with Gasteiger partial charge in [0.15, 0.2) is 5.71 Å². The first-order valence-corrected chi connectivity index (χ1v) is 16.5. The third-order valence-corrected chi connectivity index (χ3v) is 9.87. The fourth-order valence-electron chi connectivity index (χ4n) is 7.35. The zero-order chi connectivity index (χ0) is 34.6. The van der Waals surface area contributed by atoms with Crippen molar-refractivity contribution in [1.82, 2.24) is 0 Å². The molecule has 1 aliphatic carbocycles. The summed E-state index contributed by atoms with van der Waals surface area (Å²) < 4.78 is 56.6. The lowest BCUT2D eigenvalue weighted by Gasteiger charge is -2.30. The Hall–Kier alpha value is -3.81. The van der Waals surface area contributed by atoms with E-state index in [2.05, 4.69) is 52.5 Å². The lowest BCUT2D eigenvalue weighted by molar-refractivity contribution is -0.439. The molecule has 3 aliphatic rings. The highest BCUT2D eigenvalue weighted by atomic mass is 19.4. The molecule has 0 saturated heterocycles. The van der Waals surface area contributed by atoms with Gasteiger partial charge < -0.3 is 14.4 Å². The van der Waals surface area contributed by atoms with E-state index in [1.165, 1.54) is 6.07 Å². The highest BCUT2D eigenvalue weighted by Gasteiger charge is 2.52. The van der Waals surface area contributed by atoms with Crippen LogP contribution in [0.5, 0.6) is 5.75 Å². The van der Waals surface area contributed by atoms with E-state index in [-0.39, 0.29) is 11.3 Å². The van der Waals surface area contributed by atoms with E-state index >= 15 is 0 Å². The Kier molecular flexibility index (Phi) is 9.06. The molecule has 0 spiro atoms. The fourth-order valence-corrected chi connectivity index (χ4v) is 7.35. The Bertz CT molecular complexity index is 1720. The monoisotopic (exact) mass is 649 g/mol. The lowest BCUT2D eigenvalue weighted by atomic mass is 9.76. The van der Waals surface area contributed by atoms with E-state index in [1.807, 2.05) is 36.6 Å². The first-order chi connectivity index (χ1) is 22.0. The quantitative estimate of drug-likeness (QED) is 0.190. The predicted octanol–water partition coefficient (Wildman–Crippen LogP) is 9.27. The summed E-state index contributed by atoms with van der Waals surface area (Å²) in [7, 11) is 3.21. The van der Waals surface area contributed by atoms with Crippen molar-refractivity contribution in [3.05, 3.63) is 87.8 Å². The van der Waals surface area contributed by atoms with Gasteiger partial charge in [-0.1, -0.05) is 53.7 Å². The summed E-state index contributed by atoms with van der Waals surface area (Å²) in [6.45, 7) is 17.8. The first-order valence-electron chi connectivity index (χ1n) is 16.5. The maximum absolute atomic E-state index is 14.3. The number of anilines is 1. The van der Waals surface area contributed by atoms with E-state index < -0.39 is 22.6 Å². The number of methoxy groups -OCH3 is 2. The average molecular weight is 650 g/mol. The van der Waals surface area contributed by atoms with Crippen molar-refractivity contribution in [1.29, 1.82) is 0 Å². The third-order valence-electron chi connectivity index (χ3n) is 9.87. The van der Waals surface area contributed by atoms with Crippen molar-refractivity contribution in [2.45, 2.75) is 85.2 Å². The van der Waals surface area contributed by atoms with Gasteiger partial charge in [0.1, 0.15) is 18.1 Å². The Morgan fingerprint density at radius 2 is 1.53 bits per heavy atom. The minimum absolute atomic E-state index is 0.184.